The lowest BCUT2D eigenvalue weighted by Gasteiger charge is -2.56. The van der Waals surface area contributed by atoms with Crippen molar-refractivity contribution in [3.63, 3.8) is 0 Å². The highest BCUT2D eigenvalue weighted by molar-refractivity contribution is 7.14. The molecular weight excluding hydrogens is 436 g/mol. The number of benzene rings is 1. The van der Waals surface area contributed by atoms with Gasteiger partial charge in [-0.2, -0.15) is 0 Å². The van der Waals surface area contributed by atoms with E-state index in [1.165, 1.54) is 35.6 Å². The Morgan fingerprint density at radius 2 is 1.81 bits per heavy atom. The lowest BCUT2D eigenvalue weighted by atomic mass is 9.53. The van der Waals surface area contributed by atoms with E-state index in [1.54, 1.807) is 0 Å². The van der Waals surface area contributed by atoms with Gasteiger partial charge in [-0.3, -0.25) is 20.2 Å². The van der Waals surface area contributed by atoms with Crippen LogP contribution in [0, 0.1) is 15.5 Å². The van der Waals surface area contributed by atoms with Crippen LogP contribution in [0.15, 0.2) is 24.3 Å². The molecule has 5 rings (SSSR count). The van der Waals surface area contributed by atoms with Gasteiger partial charge in [-0.25, -0.2) is 9.78 Å². The number of anilines is 1. The standard InChI is InChI=1S/C21H22N4O6S/c22-17(26)16-18(24-19(32-16)11-1-2-11)30-14-7-21(8-14)9-15(10-21)31-20(27)23-12-3-5-13(6-4-12)25(28)29/h3-6,11,14-15H,1-2,7-10H2,(H2,22,26)(H,23,27). The number of non-ortho nitro benzene ring substituents is 1. The van der Waals surface area contributed by atoms with Crippen molar-refractivity contribution in [1.29, 1.82) is 0 Å². The molecule has 3 aliphatic rings. The van der Waals surface area contributed by atoms with Gasteiger partial charge in [0.25, 0.3) is 11.6 Å². The van der Waals surface area contributed by atoms with E-state index in [0.717, 1.165) is 43.5 Å². The maximum atomic E-state index is 12.1. The number of ether oxygens (including phenoxy) is 2. The maximum absolute atomic E-state index is 12.1. The molecule has 0 atom stereocenters. The highest BCUT2D eigenvalue weighted by Crippen LogP contribution is 2.58. The van der Waals surface area contributed by atoms with Crippen molar-refractivity contribution in [1.82, 2.24) is 4.98 Å². The molecule has 2 aromatic rings. The molecule has 1 aromatic heterocycles. The first-order chi connectivity index (χ1) is 15.3. The first-order valence-electron chi connectivity index (χ1n) is 10.5. The van der Waals surface area contributed by atoms with E-state index in [0.29, 0.717) is 22.4 Å². The number of amides is 2. The zero-order valence-corrected chi connectivity index (χ0v) is 17.9. The summed E-state index contributed by atoms with van der Waals surface area (Å²) in [6, 6.07) is 5.57. The number of thiazole rings is 1. The fourth-order valence-electron chi connectivity index (χ4n) is 4.50. The Labute approximate surface area is 187 Å². The van der Waals surface area contributed by atoms with Crippen LogP contribution in [0.5, 0.6) is 5.88 Å². The lowest BCUT2D eigenvalue weighted by molar-refractivity contribution is -0.384. The molecule has 1 spiro atoms. The van der Waals surface area contributed by atoms with Crippen LogP contribution in [0.1, 0.15) is 59.1 Å². The van der Waals surface area contributed by atoms with Crippen LogP contribution in [-0.4, -0.2) is 34.1 Å². The van der Waals surface area contributed by atoms with E-state index in [1.807, 2.05) is 0 Å². The first-order valence-corrected chi connectivity index (χ1v) is 11.3. The zero-order valence-electron chi connectivity index (χ0n) is 17.1. The van der Waals surface area contributed by atoms with E-state index in [2.05, 4.69) is 10.3 Å². The molecule has 3 aliphatic carbocycles. The van der Waals surface area contributed by atoms with E-state index < -0.39 is 16.9 Å². The van der Waals surface area contributed by atoms with Crippen molar-refractivity contribution in [3.05, 3.63) is 44.3 Å². The minimum atomic E-state index is -0.577. The Bertz CT molecular complexity index is 1070. The monoisotopic (exact) mass is 458 g/mol. The third-order valence-corrected chi connectivity index (χ3v) is 7.50. The van der Waals surface area contributed by atoms with Crippen molar-refractivity contribution >= 4 is 34.7 Å². The molecule has 0 saturated heterocycles. The lowest BCUT2D eigenvalue weighted by Crippen LogP contribution is -2.55. The van der Waals surface area contributed by atoms with Crippen molar-refractivity contribution in [2.75, 3.05) is 5.32 Å². The smallest absolute Gasteiger partial charge is 0.411 e. The summed E-state index contributed by atoms with van der Waals surface area (Å²) in [6.45, 7) is 0. The summed E-state index contributed by atoms with van der Waals surface area (Å²) >= 11 is 1.34. The molecule has 1 heterocycles. The molecule has 0 aliphatic heterocycles. The second-order valence-electron chi connectivity index (χ2n) is 8.84. The van der Waals surface area contributed by atoms with Gasteiger partial charge in [0.2, 0.25) is 5.88 Å². The maximum Gasteiger partial charge on any atom is 0.411 e. The molecule has 0 bridgehead atoms. The van der Waals surface area contributed by atoms with Gasteiger partial charge in [0.15, 0.2) is 4.88 Å². The summed E-state index contributed by atoms with van der Waals surface area (Å²) < 4.78 is 11.4. The molecule has 168 valence electrons. The SMILES string of the molecule is NC(=O)c1sc(C2CC2)nc1OC1CC2(CC(OC(=O)Nc3ccc([N+](=O)[O-])cc3)C2)C1. The number of carbonyl (C=O) groups is 2. The Kier molecular flexibility index (Phi) is 5.00. The molecule has 0 unspecified atom stereocenters. The molecule has 3 N–H and O–H groups in total. The molecule has 3 fully saturated rings. The summed E-state index contributed by atoms with van der Waals surface area (Å²) in [5.74, 6) is 0.290. The van der Waals surface area contributed by atoms with E-state index in [9.17, 15) is 19.7 Å². The van der Waals surface area contributed by atoms with Crippen molar-refractivity contribution < 1.29 is 24.0 Å². The van der Waals surface area contributed by atoms with Crippen LogP contribution >= 0.6 is 11.3 Å². The zero-order chi connectivity index (χ0) is 22.5. The van der Waals surface area contributed by atoms with E-state index >= 15 is 0 Å². The molecule has 0 radical (unpaired) electrons. The summed E-state index contributed by atoms with van der Waals surface area (Å²) in [4.78, 5) is 38.9. The van der Waals surface area contributed by atoms with Crippen LogP contribution in [0.4, 0.5) is 16.2 Å². The summed E-state index contributed by atoms with van der Waals surface area (Å²) in [7, 11) is 0. The average molecular weight is 458 g/mol. The first kappa shape index (κ1) is 20.7. The van der Waals surface area contributed by atoms with Crippen molar-refractivity contribution in [3.8, 4) is 5.88 Å². The largest absolute Gasteiger partial charge is 0.473 e. The summed E-state index contributed by atoms with van der Waals surface area (Å²) in [6.07, 6.45) is 4.59. The number of hydrogen-bond donors (Lipinski definition) is 2. The van der Waals surface area contributed by atoms with Gasteiger partial charge >= 0.3 is 6.09 Å². The molecule has 11 heteroatoms. The molecular formula is C21H22N4O6S. The minimum absolute atomic E-state index is 0.0165. The number of hydrogen-bond acceptors (Lipinski definition) is 8. The number of nitrogens with one attached hydrogen (secondary N) is 1. The Balaban J connectivity index is 1.07. The number of carbonyl (C=O) groups excluding carboxylic acids is 2. The normalized spacial score (nSPS) is 26.0. The van der Waals surface area contributed by atoms with Gasteiger partial charge < -0.3 is 15.2 Å². The fraction of sp³-hybridized carbons (Fsp3) is 0.476. The average Bonchev–Trinajstić information content (AvgIpc) is 3.45. The molecule has 3 saturated carbocycles. The van der Waals surface area contributed by atoms with E-state index in [4.69, 9.17) is 15.2 Å². The topological polar surface area (TPSA) is 147 Å². The van der Waals surface area contributed by atoms with Crippen molar-refractivity contribution in [2.45, 2.75) is 56.7 Å². The third-order valence-electron chi connectivity index (χ3n) is 6.28. The van der Waals surface area contributed by atoms with Crippen LogP contribution < -0.4 is 15.8 Å². The number of nitro benzene ring substituents is 1. The number of nitro groups is 1. The molecule has 2 amide bonds. The Morgan fingerprint density at radius 3 is 2.41 bits per heavy atom. The van der Waals surface area contributed by atoms with Gasteiger partial charge in [0, 0.05) is 23.7 Å². The molecule has 10 nitrogen and oxygen atoms in total. The highest BCUT2D eigenvalue weighted by atomic mass is 32.1. The van der Waals surface area contributed by atoms with Gasteiger partial charge in [-0.05, 0) is 56.1 Å². The van der Waals surface area contributed by atoms with Crippen LogP contribution in [0.25, 0.3) is 0 Å². The quantitative estimate of drug-likeness (QED) is 0.471. The van der Waals surface area contributed by atoms with Gasteiger partial charge in [0.1, 0.15) is 17.2 Å². The highest BCUT2D eigenvalue weighted by Gasteiger charge is 2.55. The van der Waals surface area contributed by atoms with Gasteiger partial charge in [-0.15, -0.1) is 11.3 Å². The fourth-order valence-corrected chi connectivity index (χ4v) is 5.52. The Hall–Kier alpha value is -3.21. The van der Waals surface area contributed by atoms with Gasteiger partial charge in [0.05, 0.1) is 4.92 Å². The van der Waals surface area contributed by atoms with E-state index in [-0.39, 0.29) is 23.3 Å². The number of nitrogens with two attached hydrogens (primary N) is 1. The predicted octanol–water partition coefficient (Wildman–Crippen LogP) is 3.97. The predicted molar refractivity (Wildman–Crippen MR) is 115 cm³/mol. The Morgan fingerprint density at radius 1 is 1.16 bits per heavy atom. The number of aromatic nitrogens is 1. The van der Waals surface area contributed by atoms with Crippen LogP contribution in [0.2, 0.25) is 0 Å². The number of primary amides is 1. The van der Waals surface area contributed by atoms with Crippen LogP contribution in [-0.2, 0) is 4.74 Å². The van der Waals surface area contributed by atoms with Gasteiger partial charge in [-0.1, -0.05) is 0 Å². The number of nitrogens with zero attached hydrogens (tertiary/aromatic N) is 2. The van der Waals surface area contributed by atoms with Crippen LogP contribution in [0.3, 0.4) is 0 Å². The molecule has 1 aromatic carbocycles. The molecule has 32 heavy (non-hydrogen) atoms. The second kappa shape index (κ2) is 7.73. The third kappa shape index (κ3) is 4.12. The summed E-state index contributed by atoms with van der Waals surface area (Å²) in [5.41, 5.74) is 5.97. The second-order valence-corrected chi connectivity index (χ2v) is 9.87. The van der Waals surface area contributed by atoms with Crippen molar-refractivity contribution in [2.24, 2.45) is 11.1 Å². The summed E-state index contributed by atoms with van der Waals surface area (Å²) in [5, 5.41) is 14.2. The minimum Gasteiger partial charge on any atom is -0.473 e. The number of rotatable bonds is 7.